The van der Waals surface area contributed by atoms with Crippen molar-refractivity contribution in [3.63, 3.8) is 0 Å². The summed E-state index contributed by atoms with van der Waals surface area (Å²) in [6.45, 7) is 1.03. The average molecular weight is 336 g/mol. The predicted molar refractivity (Wildman–Crippen MR) is 93.8 cm³/mol. The zero-order valence-electron chi connectivity index (χ0n) is 12.6. The van der Waals surface area contributed by atoms with Crippen molar-refractivity contribution >= 4 is 38.2 Å². The number of benzene rings is 2. The van der Waals surface area contributed by atoms with Crippen molar-refractivity contribution in [2.24, 2.45) is 0 Å². The Bertz CT molecular complexity index is 1120. The first kappa shape index (κ1) is 13.6. The zero-order valence-corrected chi connectivity index (χ0v) is 13.4. The molecule has 0 atom stereocenters. The Labute approximate surface area is 140 Å². The van der Waals surface area contributed by atoms with E-state index in [1.54, 1.807) is 23.6 Å². The number of hydrogen-bond donors (Lipinski definition) is 0. The van der Waals surface area contributed by atoms with Gasteiger partial charge in [0.1, 0.15) is 11.3 Å². The molecule has 1 aliphatic heterocycles. The maximum atomic E-state index is 12.4. The molecular weight excluding hydrogens is 324 g/mol. The van der Waals surface area contributed by atoms with Crippen LogP contribution in [0.1, 0.15) is 5.56 Å². The SMILES string of the molecule is O=c1oc2c3c(ccc2c2ccccc12)OCN(c1nccs1)C3. The van der Waals surface area contributed by atoms with Crippen molar-refractivity contribution in [1.29, 1.82) is 0 Å². The maximum Gasteiger partial charge on any atom is 0.344 e. The van der Waals surface area contributed by atoms with E-state index in [2.05, 4.69) is 4.98 Å². The average Bonchev–Trinajstić information content (AvgIpc) is 3.16. The third kappa shape index (κ3) is 1.93. The molecule has 2 aromatic heterocycles. The molecular formula is C18H12N2O3S. The molecule has 0 aliphatic carbocycles. The fourth-order valence-electron chi connectivity index (χ4n) is 3.15. The summed E-state index contributed by atoms with van der Waals surface area (Å²) in [5, 5.41) is 5.24. The Morgan fingerprint density at radius 2 is 1.96 bits per heavy atom. The third-order valence-electron chi connectivity index (χ3n) is 4.26. The Morgan fingerprint density at radius 1 is 1.08 bits per heavy atom. The van der Waals surface area contributed by atoms with Crippen LogP contribution in [0.15, 0.2) is 57.2 Å². The van der Waals surface area contributed by atoms with Gasteiger partial charge < -0.3 is 14.1 Å². The normalized spacial score (nSPS) is 13.9. The molecule has 0 radical (unpaired) electrons. The minimum atomic E-state index is -0.321. The summed E-state index contributed by atoms with van der Waals surface area (Å²) in [6, 6.07) is 11.4. The standard InChI is InChI=1S/C18H12N2O3S/c21-17-13-4-2-1-3-11(13)12-5-6-15-14(16(12)23-17)9-20(10-22-15)18-19-7-8-24-18/h1-8H,9-10H2. The Morgan fingerprint density at radius 3 is 2.79 bits per heavy atom. The van der Waals surface area contributed by atoms with Crippen LogP contribution in [0.2, 0.25) is 0 Å². The van der Waals surface area contributed by atoms with Crippen LogP contribution >= 0.6 is 11.3 Å². The van der Waals surface area contributed by atoms with E-state index >= 15 is 0 Å². The van der Waals surface area contributed by atoms with Crippen molar-refractivity contribution in [2.75, 3.05) is 11.6 Å². The number of aromatic nitrogens is 1. The van der Waals surface area contributed by atoms with Gasteiger partial charge in [-0.1, -0.05) is 18.2 Å². The van der Waals surface area contributed by atoms with Crippen molar-refractivity contribution in [2.45, 2.75) is 6.54 Å². The lowest BCUT2D eigenvalue weighted by Gasteiger charge is -2.29. The number of ether oxygens (including phenoxy) is 1. The highest BCUT2D eigenvalue weighted by Crippen LogP contribution is 2.36. The van der Waals surface area contributed by atoms with E-state index in [0.717, 1.165) is 27.2 Å². The van der Waals surface area contributed by atoms with Gasteiger partial charge in [-0.3, -0.25) is 0 Å². The molecule has 0 saturated heterocycles. The topological polar surface area (TPSA) is 55.6 Å². The molecule has 6 heteroatoms. The fraction of sp³-hybridized carbons (Fsp3) is 0.111. The molecule has 4 aromatic rings. The highest BCUT2D eigenvalue weighted by atomic mass is 32.1. The number of nitrogens with zero attached hydrogens (tertiary/aromatic N) is 2. The van der Waals surface area contributed by atoms with E-state index in [4.69, 9.17) is 9.15 Å². The molecule has 0 saturated carbocycles. The Hall–Kier alpha value is -2.86. The van der Waals surface area contributed by atoms with Crippen LogP contribution in [0.25, 0.3) is 21.7 Å². The van der Waals surface area contributed by atoms with Gasteiger partial charge in [-0.2, -0.15) is 0 Å². The molecule has 0 spiro atoms. The minimum absolute atomic E-state index is 0.321. The summed E-state index contributed by atoms with van der Waals surface area (Å²) in [5.41, 5.74) is 1.16. The molecule has 5 nitrogen and oxygen atoms in total. The number of thiazole rings is 1. The van der Waals surface area contributed by atoms with Crippen LogP contribution in [-0.2, 0) is 6.54 Å². The maximum absolute atomic E-state index is 12.4. The van der Waals surface area contributed by atoms with Crippen LogP contribution < -0.4 is 15.3 Å². The van der Waals surface area contributed by atoms with Gasteiger partial charge in [-0.25, -0.2) is 9.78 Å². The van der Waals surface area contributed by atoms with Gasteiger partial charge in [0.15, 0.2) is 11.9 Å². The van der Waals surface area contributed by atoms with E-state index in [1.807, 2.05) is 40.6 Å². The highest BCUT2D eigenvalue weighted by Gasteiger charge is 2.23. The highest BCUT2D eigenvalue weighted by molar-refractivity contribution is 7.13. The largest absolute Gasteiger partial charge is 0.473 e. The lowest BCUT2D eigenvalue weighted by atomic mass is 10.0. The zero-order chi connectivity index (χ0) is 16.1. The van der Waals surface area contributed by atoms with Crippen molar-refractivity contribution < 1.29 is 9.15 Å². The van der Waals surface area contributed by atoms with E-state index in [9.17, 15) is 4.79 Å². The predicted octanol–water partition coefficient (Wildman–Crippen LogP) is 3.76. The molecule has 1 aliphatic rings. The summed E-state index contributed by atoms with van der Waals surface area (Å²) in [5.74, 6) is 0.758. The number of fused-ring (bicyclic) bond motifs is 5. The van der Waals surface area contributed by atoms with Crippen molar-refractivity contribution in [3.8, 4) is 5.75 Å². The second-order valence-corrected chi connectivity index (χ2v) is 6.51. The first-order valence-electron chi connectivity index (χ1n) is 7.56. The fourth-order valence-corrected chi connectivity index (χ4v) is 3.78. The first-order chi connectivity index (χ1) is 11.8. The van der Waals surface area contributed by atoms with Crippen LogP contribution in [0.4, 0.5) is 5.13 Å². The molecule has 0 unspecified atom stereocenters. The second-order valence-electron chi connectivity index (χ2n) is 5.64. The summed E-state index contributed by atoms with van der Waals surface area (Å²) in [6.07, 6.45) is 1.77. The number of anilines is 1. The molecule has 24 heavy (non-hydrogen) atoms. The van der Waals surface area contributed by atoms with Gasteiger partial charge in [-0.05, 0) is 23.6 Å². The molecule has 0 bridgehead atoms. The van der Waals surface area contributed by atoms with Crippen LogP contribution in [0.3, 0.4) is 0 Å². The van der Waals surface area contributed by atoms with E-state index in [-0.39, 0.29) is 5.63 Å². The van der Waals surface area contributed by atoms with Gasteiger partial charge >= 0.3 is 5.63 Å². The molecule has 5 rings (SSSR count). The van der Waals surface area contributed by atoms with Crippen LogP contribution in [0.5, 0.6) is 5.75 Å². The van der Waals surface area contributed by atoms with Crippen LogP contribution in [0, 0.1) is 0 Å². The molecule has 3 heterocycles. The molecule has 0 fully saturated rings. The minimum Gasteiger partial charge on any atom is -0.473 e. The second kappa shape index (κ2) is 5.07. The molecule has 0 N–H and O–H groups in total. The summed E-state index contributed by atoms with van der Waals surface area (Å²) < 4.78 is 11.5. The molecule has 0 amide bonds. The first-order valence-corrected chi connectivity index (χ1v) is 8.44. The van der Waals surface area contributed by atoms with Gasteiger partial charge in [0.2, 0.25) is 0 Å². The van der Waals surface area contributed by atoms with E-state index in [1.165, 1.54) is 0 Å². The Kier molecular flexibility index (Phi) is 2.87. The van der Waals surface area contributed by atoms with E-state index in [0.29, 0.717) is 24.2 Å². The monoisotopic (exact) mass is 336 g/mol. The van der Waals surface area contributed by atoms with Crippen molar-refractivity contribution in [3.05, 3.63) is 64.0 Å². The van der Waals surface area contributed by atoms with Crippen LogP contribution in [-0.4, -0.2) is 11.7 Å². The van der Waals surface area contributed by atoms with Gasteiger partial charge in [0, 0.05) is 17.0 Å². The van der Waals surface area contributed by atoms with E-state index < -0.39 is 0 Å². The lowest BCUT2D eigenvalue weighted by molar-refractivity contribution is 0.289. The van der Waals surface area contributed by atoms with Gasteiger partial charge in [-0.15, -0.1) is 11.3 Å². The smallest absolute Gasteiger partial charge is 0.344 e. The summed E-state index contributed by atoms with van der Waals surface area (Å²) >= 11 is 1.56. The van der Waals surface area contributed by atoms with Gasteiger partial charge in [0.05, 0.1) is 17.5 Å². The van der Waals surface area contributed by atoms with Gasteiger partial charge in [0.25, 0.3) is 0 Å². The molecule has 2 aromatic carbocycles. The quantitative estimate of drug-likeness (QED) is 0.391. The van der Waals surface area contributed by atoms with Crippen molar-refractivity contribution in [1.82, 2.24) is 4.98 Å². The summed E-state index contributed by atoms with van der Waals surface area (Å²) in [7, 11) is 0. The lowest BCUT2D eigenvalue weighted by Crippen LogP contribution is -2.31. The summed E-state index contributed by atoms with van der Waals surface area (Å²) in [4.78, 5) is 18.7. The number of hydrogen-bond acceptors (Lipinski definition) is 6. The third-order valence-corrected chi connectivity index (χ3v) is 5.10. The Balaban J connectivity index is 1.77. The number of rotatable bonds is 1. The molecule has 118 valence electrons.